The van der Waals surface area contributed by atoms with Crippen LogP contribution in [0, 0.1) is 13.8 Å². The Bertz CT molecular complexity index is 1700. The summed E-state index contributed by atoms with van der Waals surface area (Å²) in [6.07, 6.45) is -4.20. The Morgan fingerprint density at radius 1 is 1.05 bits per heavy atom. The van der Waals surface area contributed by atoms with E-state index in [1.54, 1.807) is 12.1 Å². The van der Waals surface area contributed by atoms with E-state index in [1.165, 1.54) is 16.8 Å². The molecule has 19 heteroatoms. The number of hydrogen-bond donors (Lipinski definition) is 7. The number of benzene rings is 1. The van der Waals surface area contributed by atoms with E-state index in [0.29, 0.717) is 11.0 Å². The van der Waals surface area contributed by atoms with E-state index in [2.05, 4.69) is 19.5 Å². The second kappa shape index (κ2) is 13.7. The standard InChI is InChI=1S/C17H21N4O9P.C4H4N2O2.Na/c1-7-3-9-10(4-8(7)2)21(15-13(18-9)16(25)20-17(26)19-15)5-11(22)14(24)12(23)6-30-31(27,28)29;7-3-1-2-5-4(8)6-3;/h3-4,11-12,14,22-24H,5-6H2,1-2H3,(H,20,25,26)(H2,27,28,29);1-2H,(H2,5,6,7,8);/q;;+1/p-1/t11-,12+,14-;;/m0../s1. The average Bonchev–Trinajstić information content (AvgIpc) is 2.83. The molecular weight excluding hydrogens is 566 g/mol. The van der Waals surface area contributed by atoms with E-state index >= 15 is 0 Å². The summed E-state index contributed by atoms with van der Waals surface area (Å²) < 4.78 is 16.0. The Balaban J connectivity index is 0.000000535. The van der Waals surface area contributed by atoms with Crippen LogP contribution in [0.15, 0.2) is 43.6 Å². The Morgan fingerprint density at radius 3 is 2.27 bits per heavy atom. The average molecular weight is 590 g/mol. The van der Waals surface area contributed by atoms with Gasteiger partial charge in [-0.25, -0.2) is 14.6 Å². The molecule has 1 aromatic heterocycles. The number of nitrogens with one attached hydrogen (secondary N) is 3. The Hall–Kier alpha value is -2.83. The number of aliphatic hydroxyl groups is 3. The molecule has 3 heterocycles. The third kappa shape index (κ3) is 8.58. The number of rotatable bonds is 7. The summed E-state index contributed by atoms with van der Waals surface area (Å²) in [4.78, 5) is 77.9. The smallest absolute Gasteiger partial charge is 0.756 e. The fourth-order valence-electron chi connectivity index (χ4n) is 3.44. The van der Waals surface area contributed by atoms with Crippen molar-refractivity contribution in [3.8, 4) is 11.5 Å². The first kappa shape index (κ1) is 33.4. The molecule has 7 N–H and O–H groups in total. The summed E-state index contributed by atoms with van der Waals surface area (Å²) in [5.41, 5.74) is -0.290. The van der Waals surface area contributed by atoms with Crippen molar-refractivity contribution < 1.29 is 63.8 Å². The van der Waals surface area contributed by atoms with Gasteiger partial charge in [0.25, 0.3) is 18.9 Å². The van der Waals surface area contributed by atoms with E-state index in [0.717, 1.165) is 11.1 Å². The molecule has 2 aliphatic rings. The van der Waals surface area contributed by atoms with Crippen LogP contribution >= 0.6 is 7.82 Å². The molecule has 0 bridgehead atoms. The van der Waals surface area contributed by atoms with Crippen molar-refractivity contribution in [1.29, 1.82) is 0 Å². The maximum Gasteiger partial charge on any atom is 1.00 e. The van der Waals surface area contributed by atoms with Gasteiger partial charge in [0.15, 0.2) is 11.5 Å². The van der Waals surface area contributed by atoms with Crippen LogP contribution in [0.3, 0.4) is 0 Å². The second-order valence-electron chi connectivity index (χ2n) is 8.38. The van der Waals surface area contributed by atoms with Gasteiger partial charge in [-0.05, 0) is 37.1 Å². The minimum Gasteiger partial charge on any atom is -0.756 e. The van der Waals surface area contributed by atoms with E-state index in [9.17, 15) is 44.0 Å². The summed E-state index contributed by atoms with van der Waals surface area (Å²) >= 11 is 0. The Morgan fingerprint density at radius 2 is 1.70 bits per heavy atom. The minimum atomic E-state index is -5.14. The first-order valence-corrected chi connectivity index (χ1v) is 12.6. The molecule has 2 aromatic rings. The number of phosphoric ester groups is 1. The van der Waals surface area contributed by atoms with E-state index in [1.807, 2.05) is 23.8 Å². The third-order valence-electron chi connectivity index (χ3n) is 5.48. The fraction of sp³-hybridized carbons (Fsp3) is 0.333. The number of aryl methyl sites for hydroxylation is 2. The van der Waals surface area contributed by atoms with Gasteiger partial charge >= 0.3 is 40.9 Å². The van der Waals surface area contributed by atoms with Crippen LogP contribution in [-0.2, 0) is 15.6 Å². The van der Waals surface area contributed by atoms with Gasteiger partial charge in [-0.2, -0.15) is 4.98 Å². The van der Waals surface area contributed by atoms with Crippen LogP contribution in [0.2, 0.25) is 0 Å². The van der Waals surface area contributed by atoms with Gasteiger partial charge in [-0.15, -0.1) is 0 Å². The van der Waals surface area contributed by atoms with Crippen molar-refractivity contribution in [3.05, 3.63) is 77.2 Å². The van der Waals surface area contributed by atoms with Gasteiger partial charge < -0.3 is 39.2 Å². The maximum atomic E-state index is 12.2. The number of hydrogen-bond acceptors (Lipinski definition) is 12. The topological polar surface area (TPSA) is 277 Å². The van der Waals surface area contributed by atoms with Crippen LogP contribution in [0.5, 0.6) is 0 Å². The molecule has 0 amide bonds. The largest absolute Gasteiger partial charge is 1.00 e. The molecule has 0 radical (unpaired) electrons. The van der Waals surface area contributed by atoms with Gasteiger partial charge in [0, 0.05) is 12.3 Å². The molecule has 0 aliphatic carbocycles. The van der Waals surface area contributed by atoms with Crippen molar-refractivity contribution in [3.63, 3.8) is 0 Å². The van der Waals surface area contributed by atoms with Gasteiger partial charge in [0.2, 0.25) is 0 Å². The summed E-state index contributed by atoms with van der Waals surface area (Å²) in [7, 11) is -5.14. The number of fused-ring (bicyclic) bond motifs is 2. The van der Waals surface area contributed by atoms with E-state index in [4.69, 9.17) is 4.89 Å². The molecule has 40 heavy (non-hydrogen) atoms. The van der Waals surface area contributed by atoms with Crippen molar-refractivity contribution >= 4 is 18.9 Å². The monoisotopic (exact) mass is 590 g/mol. The molecule has 2 aliphatic heterocycles. The Labute approximate surface area is 245 Å². The molecule has 0 fully saturated rings. The molecular formula is C21H24N6NaO11P. The number of aliphatic hydroxyl groups excluding tert-OH is 3. The summed E-state index contributed by atoms with van der Waals surface area (Å²) in [6.45, 7) is 2.20. The van der Waals surface area contributed by atoms with Crippen LogP contribution in [-0.4, -0.2) is 74.6 Å². The van der Waals surface area contributed by atoms with Gasteiger partial charge in [-0.1, -0.05) is 0 Å². The van der Waals surface area contributed by atoms with Crippen molar-refractivity contribution in [2.45, 2.75) is 38.7 Å². The predicted octanol–water partition coefficient (Wildman–Crippen LogP) is -6.17. The number of H-pyrrole nitrogens is 3. The third-order valence-corrected chi connectivity index (χ3v) is 5.95. The number of aromatic nitrogens is 6. The number of phosphoric acid groups is 1. The number of aromatic amines is 3. The van der Waals surface area contributed by atoms with Crippen molar-refractivity contribution in [1.82, 2.24) is 29.5 Å². The zero-order valence-electron chi connectivity index (χ0n) is 21.4. The van der Waals surface area contributed by atoms with Crippen molar-refractivity contribution in [2.24, 2.45) is 0 Å². The summed E-state index contributed by atoms with van der Waals surface area (Å²) in [5.74, 6) is -0.152. The molecule has 0 saturated carbocycles. The molecule has 1 aromatic carbocycles. The normalized spacial score (nSPS) is 14.9. The van der Waals surface area contributed by atoms with E-state index in [-0.39, 0.29) is 46.6 Å². The molecule has 4 rings (SSSR count). The molecule has 1 unspecified atom stereocenters. The fourth-order valence-corrected chi connectivity index (χ4v) is 3.78. The minimum absolute atomic E-state index is 0. The van der Waals surface area contributed by atoms with Gasteiger partial charge in [0.05, 0.1) is 24.2 Å². The molecule has 210 valence electrons. The summed E-state index contributed by atoms with van der Waals surface area (Å²) in [5, 5.41) is 30.5. The molecule has 4 atom stereocenters. The van der Waals surface area contributed by atoms with Crippen LogP contribution < -0.4 is 56.9 Å². The van der Waals surface area contributed by atoms with Gasteiger partial charge in [-0.3, -0.25) is 24.1 Å². The zero-order valence-corrected chi connectivity index (χ0v) is 24.3. The second-order valence-corrected chi connectivity index (χ2v) is 9.57. The van der Waals surface area contributed by atoms with E-state index < -0.39 is 56.2 Å². The molecule has 0 saturated heterocycles. The summed E-state index contributed by atoms with van der Waals surface area (Å²) in [6, 6.07) is 4.63. The van der Waals surface area contributed by atoms with Crippen LogP contribution in [0.4, 0.5) is 0 Å². The Kier molecular flexibility index (Phi) is 11.4. The van der Waals surface area contributed by atoms with Crippen LogP contribution in [0.25, 0.3) is 22.6 Å². The molecule has 0 spiro atoms. The first-order valence-electron chi connectivity index (χ1n) is 11.1. The van der Waals surface area contributed by atoms with Crippen molar-refractivity contribution in [2.75, 3.05) is 6.61 Å². The maximum absolute atomic E-state index is 12.2. The first-order chi connectivity index (χ1) is 18.2. The predicted molar refractivity (Wildman–Crippen MR) is 132 cm³/mol. The molecule has 17 nitrogen and oxygen atoms in total. The van der Waals surface area contributed by atoms with Gasteiger partial charge in [0.1, 0.15) is 18.3 Å². The van der Waals surface area contributed by atoms with Crippen LogP contribution in [0.1, 0.15) is 11.1 Å². The number of nitrogens with zero attached hydrogens (tertiary/aromatic N) is 3. The SMILES string of the molecule is Cc1cc2nc3c(=O)[nH]c(=O)nc-3n(C[C@H](O)[C@H](O)[C@H](O)COP(=O)([O-])O)c2cc1C.O=c1cc[nH]c(=O)[nH]1.[Na+]. The quantitative estimate of drug-likeness (QED) is 0.0600. The zero-order chi connectivity index (χ0) is 29.1.